The molecule has 0 heterocycles. The van der Waals surface area contributed by atoms with Crippen molar-refractivity contribution in [2.24, 2.45) is 5.10 Å². The number of nitrogens with one attached hydrogen (secondary N) is 2. The molecule has 0 fully saturated rings. The molecule has 3 rings (SSSR count). The Morgan fingerprint density at radius 1 is 1.12 bits per heavy atom. The van der Waals surface area contributed by atoms with Crippen molar-refractivity contribution in [2.75, 3.05) is 7.11 Å². The van der Waals surface area contributed by atoms with E-state index in [1.165, 1.54) is 30.6 Å². The van der Waals surface area contributed by atoms with Crippen molar-refractivity contribution in [3.63, 3.8) is 0 Å². The summed E-state index contributed by atoms with van der Waals surface area (Å²) in [5.74, 6) is -0.682. The minimum absolute atomic E-state index is 0.109. The highest BCUT2D eigenvalue weighted by atomic mass is 19.4. The van der Waals surface area contributed by atoms with Crippen LogP contribution in [0.2, 0.25) is 0 Å². The normalized spacial score (nSPS) is 16.5. The number of benzene rings is 2. The zero-order chi connectivity index (χ0) is 23.6. The van der Waals surface area contributed by atoms with E-state index in [1.807, 2.05) is 0 Å². The Kier molecular flexibility index (Phi) is 6.06. The van der Waals surface area contributed by atoms with Gasteiger partial charge >= 0.3 is 6.30 Å². The molecule has 0 aromatic heterocycles. The van der Waals surface area contributed by atoms with Gasteiger partial charge in [0.25, 0.3) is 17.3 Å². The van der Waals surface area contributed by atoms with Crippen LogP contribution in [-0.4, -0.2) is 34.9 Å². The van der Waals surface area contributed by atoms with Gasteiger partial charge in [0.15, 0.2) is 0 Å². The number of methoxy groups -OCH3 is 1. The minimum atomic E-state index is -4.67. The lowest BCUT2D eigenvalue weighted by molar-refractivity contribution is -0.394. The molecule has 0 aliphatic heterocycles. The van der Waals surface area contributed by atoms with Crippen LogP contribution in [0.5, 0.6) is 5.75 Å². The molecule has 2 aromatic rings. The standard InChI is InChI=1S/C18H14F3N5O6/c1-32-12-2-3-13-14(7-12)15(22-18(19,20)21)8-16(13)23-24-17(27)9-4-10(25(28)29)6-11(5-9)26(30)31/h2-7,15,22H,8H2,1H3,(H,24,27)/b23-16+/t15-/m1/s1. The molecule has 0 saturated heterocycles. The number of non-ortho nitro benzene ring substituents is 2. The van der Waals surface area contributed by atoms with Gasteiger partial charge in [-0.15, -0.1) is 0 Å². The van der Waals surface area contributed by atoms with E-state index in [-0.39, 0.29) is 17.7 Å². The molecular weight excluding hydrogens is 439 g/mol. The maximum Gasteiger partial charge on any atom is 0.457 e. The molecule has 32 heavy (non-hydrogen) atoms. The molecular formula is C18H14F3N5O6. The van der Waals surface area contributed by atoms with Gasteiger partial charge in [0.1, 0.15) is 5.75 Å². The monoisotopic (exact) mass is 453 g/mol. The van der Waals surface area contributed by atoms with Crippen molar-refractivity contribution in [2.45, 2.75) is 18.8 Å². The summed E-state index contributed by atoms with van der Waals surface area (Å²) in [6, 6.07) is 5.55. The van der Waals surface area contributed by atoms with Crippen LogP contribution in [0, 0.1) is 20.2 Å². The zero-order valence-electron chi connectivity index (χ0n) is 16.2. The Bertz CT molecular complexity index is 1100. The summed E-state index contributed by atoms with van der Waals surface area (Å²) >= 11 is 0. The molecule has 2 N–H and O–H groups in total. The number of halogens is 3. The van der Waals surface area contributed by atoms with Crippen LogP contribution < -0.4 is 15.5 Å². The van der Waals surface area contributed by atoms with Crippen LogP contribution in [0.3, 0.4) is 0 Å². The van der Waals surface area contributed by atoms with Crippen molar-refractivity contribution in [1.29, 1.82) is 0 Å². The van der Waals surface area contributed by atoms with E-state index in [1.54, 1.807) is 0 Å². The maximum absolute atomic E-state index is 12.9. The van der Waals surface area contributed by atoms with Gasteiger partial charge in [-0.05, 0) is 23.8 Å². The Labute approximate surface area is 177 Å². The lowest BCUT2D eigenvalue weighted by Crippen LogP contribution is -2.34. The lowest BCUT2D eigenvalue weighted by Gasteiger charge is -2.16. The fourth-order valence-electron chi connectivity index (χ4n) is 3.18. The molecule has 11 nitrogen and oxygen atoms in total. The van der Waals surface area contributed by atoms with Crippen molar-refractivity contribution >= 4 is 23.0 Å². The topological polar surface area (TPSA) is 149 Å². The van der Waals surface area contributed by atoms with E-state index in [0.29, 0.717) is 17.4 Å². The highest BCUT2D eigenvalue weighted by Gasteiger charge is 2.37. The molecule has 0 unspecified atom stereocenters. The second-order valence-electron chi connectivity index (χ2n) is 6.60. The lowest BCUT2D eigenvalue weighted by atomic mass is 10.1. The third kappa shape index (κ3) is 4.97. The molecule has 0 spiro atoms. The summed E-state index contributed by atoms with van der Waals surface area (Å²) in [5, 5.41) is 27.3. The van der Waals surface area contributed by atoms with Crippen LogP contribution in [0.25, 0.3) is 0 Å². The number of alkyl halides is 3. The average Bonchev–Trinajstić information content (AvgIpc) is 3.06. The highest BCUT2D eigenvalue weighted by molar-refractivity contribution is 6.06. The predicted octanol–water partition coefficient (Wildman–Crippen LogP) is 3.20. The summed E-state index contributed by atoms with van der Waals surface area (Å²) in [6.45, 7) is 0. The first-order valence-electron chi connectivity index (χ1n) is 8.82. The van der Waals surface area contributed by atoms with E-state index >= 15 is 0 Å². The molecule has 1 atom stereocenters. The number of carbonyl (C=O) groups is 1. The average molecular weight is 453 g/mol. The summed E-state index contributed by atoms with van der Waals surface area (Å²) < 4.78 is 43.7. The number of hydrazone groups is 1. The van der Waals surface area contributed by atoms with E-state index in [0.717, 1.165) is 12.1 Å². The molecule has 0 saturated carbocycles. The Morgan fingerprint density at radius 3 is 2.28 bits per heavy atom. The van der Waals surface area contributed by atoms with Gasteiger partial charge in [0.05, 0.1) is 34.3 Å². The molecule has 1 aliphatic rings. The van der Waals surface area contributed by atoms with Gasteiger partial charge in [0.2, 0.25) is 0 Å². The van der Waals surface area contributed by atoms with Gasteiger partial charge < -0.3 is 4.74 Å². The van der Waals surface area contributed by atoms with Crippen LogP contribution in [0.15, 0.2) is 41.5 Å². The number of ether oxygens (including phenoxy) is 1. The van der Waals surface area contributed by atoms with Gasteiger partial charge in [-0.3, -0.25) is 25.0 Å². The van der Waals surface area contributed by atoms with Gasteiger partial charge in [-0.2, -0.15) is 18.3 Å². The third-order valence-corrected chi connectivity index (χ3v) is 4.56. The molecule has 1 amide bonds. The smallest absolute Gasteiger partial charge is 0.457 e. The number of hydrogen-bond acceptors (Lipinski definition) is 8. The number of rotatable bonds is 6. The summed E-state index contributed by atoms with van der Waals surface area (Å²) in [4.78, 5) is 32.5. The summed E-state index contributed by atoms with van der Waals surface area (Å²) in [5.41, 5.74) is 1.02. The van der Waals surface area contributed by atoms with E-state index in [2.05, 4.69) is 10.5 Å². The fraction of sp³-hybridized carbons (Fsp3) is 0.222. The fourth-order valence-corrected chi connectivity index (χ4v) is 3.18. The Balaban J connectivity index is 1.90. The molecule has 14 heteroatoms. The molecule has 1 aliphatic carbocycles. The van der Waals surface area contributed by atoms with Crippen LogP contribution >= 0.6 is 0 Å². The molecule has 168 valence electrons. The largest absolute Gasteiger partial charge is 0.497 e. The van der Waals surface area contributed by atoms with Crippen molar-refractivity contribution < 1.29 is 32.5 Å². The number of nitro groups is 2. The van der Waals surface area contributed by atoms with Gasteiger partial charge in [0, 0.05) is 30.2 Å². The van der Waals surface area contributed by atoms with Gasteiger partial charge in [-0.1, -0.05) is 0 Å². The molecule has 0 bridgehead atoms. The third-order valence-electron chi connectivity index (χ3n) is 4.56. The summed E-state index contributed by atoms with van der Waals surface area (Å²) in [7, 11) is 1.36. The number of nitrogens with zero attached hydrogens (tertiary/aromatic N) is 3. The first kappa shape index (κ1) is 22.6. The van der Waals surface area contributed by atoms with Crippen LogP contribution in [-0.2, 0) is 0 Å². The second-order valence-corrected chi connectivity index (χ2v) is 6.60. The van der Waals surface area contributed by atoms with Crippen LogP contribution in [0.1, 0.15) is 33.9 Å². The van der Waals surface area contributed by atoms with Crippen LogP contribution in [0.4, 0.5) is 24.5 Å². The number of hydrogen-bond donors (Lipinski definition) is 2. The maximum atomic E-state index is 12.9. The van der Waals surface area contributed by atoms with E-state index in [9.17, 15) is 38.2 Å². The molecule has 2 aromatic carbocycles. The number of amides is 1. The van der Waals surface area contributed by atoms with Crippen molar-refractivity contribution in [3.8, 4) is 5.75 Å². The van der Waals surface area contributed by atoms with Crippen molar-refractivity contribution in [1.82, 2.24) is 10.7 Å². The minimum Gasteiger partial charge on any atom is -0.497 e. The SMILES string of the molecule is COc1ccc2c(c1)[C@H](NC(F)(F)F)C/C2=N\NC(=O)c1cc([N+](=O)[O-])cc([N+](=O)[O-])c1. The van der Waals surface area contributed by atoms with Gasteiger partial charge in [-0.25, -0.2) is 10.7 Å². The van der Waals surface area contributed by atoms with Crippen molar-refractivity contribution in [3.05, 3.63) is 73.3 Å². The first-order valence-corrected chi connectivity index (χ1v) is 8.82. The number of nitro benzene ring substituents is 2. The molecule has 0 radical (unpaired) electrons. The predicted molar refractivity (Wildman–Crippen MR) is 103 cm³/mol. The zero-order valence-corrected chi connectivity index (χ0v) is 16.2. The number of carbonyl (C=O) groups excluding carboxylic acids is 1. The van der Waals surface area contributed by atoms with E-state index in [4.69, 9.17) is 4.74 Å². The Hall–Kier alpha value is -4.07. The number of fused-ring (bicyclic) bond motifs is 1. The quantitative estimate of drug-likeness (QED) is 0.387. The highest BCUT2D eigenvalue weighted by Crippen LogP contribution is 2.36. The second kappa shape index (κ2) is 8.58. The summed E-state index contributed by atoms with van der Waals surface area (Å²) in [6.07, 6.45) is -4.90. The first-order chi connectivity index (χ1) is 15.0. The van der Waals surface area contributed by atoms with E-state index < -0.39 is 45.0 Å². The Morgan fingerprint density at radius 2 is 1.75 bits per heavy atom.